The Kier molecular flexibility index (Phi) is 4.48. The molecule has 1 aromatic rings. The molecule has 0 aliphatic carbocycles. The van der Waals surface area contributed by atoms with Crippen LogP contribution >= 0.6 is 28.6 Å². The van der Waals surface area contributed by atoms with E-state index in [0.717, 1.165) is 23.9 Å². The first kappa shape index (κ1) is 12.9. The van der Waals surface area contributed by atoms with Gasteiger partial charge in [0, 0.05) is 22.5 Å². The van der Waals surface area contributed by atoms with E-state index >= 15 is 0 Å². The minimum atomic E-state index is -0.0991. The molecule has 1 amide bonds. The average molecular weight is 316 g/mol. The van der Waals surface area contributed by atoms with Gasteiger partial charge in [-0.1, -0.05) is 15.9 Å². The lowest BCUT2D eigenvalue weighted by atomic mass is 10.2. The fourth-order valence-electron chi connectivity index (χ4n) is 1.80. The van der Waals surface area contributed by atoms with Crippen molar-refractivity contribution in [3.05, 3.63) is 28.2 Å². The number of carbonyl (C=O) groups is 1. The van der Waals surface area contributed by atoms with Crippen LogP contribution in [0.3, 0.4) is 0 Å². The Labute approximate surface area is 114 Å². The van der Waals surface area contributed by atoms with Gasteiger partial charge in [0.25, 0.3) is 5.91 Å². The van der Waals surface area contributed by atoms with Crippen LogP contribution in [0.15, 0.2) is 27.6 Å². The molecule has 17 heavy (non-hydrogen) atoms. The predicted octanol–water partition coefficient (Wildman–Crippen LogP) is 2.65. The number of ether oxygens (including phenoxy) is 1. The first-order chi connectivity index (χ1) is 8.16. The number of thiol groups is 1. The number of halogens is 1. The van der Waals surface area contributed by atoms with Gasteiger partial charge in [-0.25, -0.2) is 0 Å². The Balaban J connectivity index is 1.94. The Hall–Kier alpha value is -0.520. The van der Waals surface area contributed by atoms with Crippen LogP contribution in [0.4, 0.5) is 0 Å². The Morgan fingerprint density at radius 1 is 1.59 bits per heavy atom. The maximum absolute atomic E-state index is 11.9. The fourth-order valence-corrected chi connectivity index (χ4v) is 2.66. The molecule has 1 N–H and O–H groups in total. The quantitative estimate of drug-likeness (QED) is 0.842. The van der Waals surface area contributed by atoms with Crippen molar-refractivity contribution in [3.63, 3.8) is 0 Å². The number of hydrogen-bond donors (Lipinski definition) is 2. The summed E-state index contributed by atoms with van der Waals surface area (Å²) < 4.78 is 6.36. The molecule has 0 aromatic heterocycles. The lowest BCUT2D eigenvalue weighted by Gasteiger charge is -2.11. The molecule has 1 unspecified atom stereocenters. The predicted molar refractivity (Wildman–Crippen MR) is 72.7 cm³/mol. The van der Waals surface area contributed by atoms with E-state index in [1.807, 2.05) is 12.1 Å². The number of amides is 1. The highest BCUT2D eigenvalue weighted by Gasteiger charge is 2.17. The van der Waals surface area contributed by atoms with Gasteiger partial charge in [0.2, 0.25) is 0 Å². The van der Waals surface area contributed by atoms with Crippen LogP contribution in [-0.4, -0.2) is 25.2 Å². The second-order valence-corrected chi connectivity index (χ2v) is 5.40. The van der Waals surface area contributed by atoms with E-state index in [9.17, 15) is 4.79 Å². The van der Waals surface area contributed by atoms with Crippen LogP contribution in [0.5, 0.6) is 0 Å². The van der Waals surface area contributed by atoms with E-state index in [-0.39, 0.29) is 12.0 Å². The molecule has 0 bridgehead atoms. The number of hydrogen-bond acceptors (Lipinski definition) is 3. The van der Waals surface area contributed by atoms with E-state index < -0.39 is 0 Å². The zero-order valence-electron chi connectivity index (χ0n) is 9.28. The molecule has 1 aliphatic heterocycles. The molecule has 1 aliphatic rings. The van der Waals surface area contributed by atoms with Crippen LogP contribution in [0.1, 0.15) is 23.2 Å². The van der Waals surface area contributed by atoms with Crippen LogP contribution in [0, 0.1) is 0 Å². The summed E-state index contributed by atoms with van der Waals surface area (Å²) in [5.74, 6) is -0.0991. The van der Waals surface area contributed by atoms with Gasteiger partial charge in [0.15, 0.2) is 0 Å². The van der Waals surface area contributed by atoms with Gasteiger partial charge in [-0.2, -0.15) is 0 Å². The third-order valence-electron chi connectivity index (χ3n) is 2.72. The van der Waals surface area contributed by atoms with Crippen molar-refractivity contribution in [2.45, 2.75) is 23.8 Å². The van der Waals surface area contributed by atoms with E-state index in [0.29, 0.717) is 17.0 Å². The molecule has 2 rings (SSSR count). The summed E-state index contributed by atoms with van der Waals surface area (Å²) >= 11 is 7.63. The first-order valence-corrected chi connectivity index (χ1v) is 6.79. The smallest absolute Gasteiger partial charge is 0.252 e. The van der Waals surface area contributed by atoms with Crippen molar-refractivity contribution in [1.29, 1.82) is 0 Å². The van der Waals surface area contributed by atoms with Crippen molar-refractivity contribution in [2.24, 2.45) is 0 Å². The maximum atomic E-state index is 11.9. The molecular formula is C12H14BrNO2S. The van der Waals surface area contributed by atoms with E-state index in [2.05, 4.69) is 33.9 Å². The highest BCUT2D eigenvalue weighted by Crippen LogP contribution is 2.20. The van der Waals surface area contributed by atoms with Gasteiger partial charge >= 0.3 is 0 Å². The summed E-state index contributed by atoms with van der Waals surface area (Å²) in [7, 11) is 0. The van der Waals surface area contributed by atoms with Gasteiger partial charge in [-0.3, -0.25) is 4.79 Å². The number of rotatable bonds is 3. The summed E-state index contributed by atoms with van der Waals surface area (Å²) in [6, 6.07) is 5.40. The molecule has 92 valence electrons. The van der Waals surface area contributed by atoms with Gasteiger partial charge < -0.3 is 10.1 Å². The van der Waals surface area contributed by atoms with Crippen LogP contribution in [0.2, 0.25) is 0 Å². The Bertz CT molecular complexity index is 419. The zero-order valence-corrected chi connectivity index (χ0v) is 11.8. The molecule has 0 spiro atoms. The van der Waals surface area contributed by atoms with Gasteiger partial charge in [-0.05, 0) is 31.0 Å². The highest BCUT2D eigenvalue weighted by molar-refractivity contribution is 9.10. The van der Waals surface area contributed by atoms with Crippen molar-refractivity contribution in [2.75, 3.05) is 13.2 Å². The van der Waals surface area contributed by atoms with Gasteiger partial charge in [0.05, 0.1) is 11.7 Å². The van der Waals surface area contributed by atoms with Crippen molar-refractivity contribution in [3.8, 4) is 0 Å². The molecule has 1 saturated heterocycles. The lowest BCUT2D eigenvalue weighted by molar-refractivity contribution is 0.0855. The van der Waals surface area contributed by atoms with Crippen LogP contribution < -0.4 is 5.32 Å². The van der Waals surface area contributed by atoms with Crippen LogP contribution in [-0.2, 0) is 4.74 Å². The standard InChI is InChI=1S/C12H14BrNO2S/c13-8-3-4-10(11(17)6-8)12(15)14-7-9-2-1-5-16-9/h3-4,6,9,17H,1-2,5,7H2,(H,14,15). The van der Waals surface area contributed by atoms with E-state index in [4.69, 9.17) is 4.74 Å². The first-order valence-electron chi connectivity index (χ1n) is 5.55. The normalized spacial score (nSPS) is 19.3. The number of carbonyl (C=O) groups excluding carboxylic acids is 1. The van der Waals surface area contributed by atoms with E-state index in [1.165, 1.54) is 0 Å². The second-order valence-electron chi connectivity index (χ2n) is 4.01. The zero-order chi connectivity index (χ0) is 12.3. The Morgan fingerprint density at radius 3 is 3.06 bits per heavy atom. The summed E-state index contributed by atoms with van der Waals surface area (Å²) in [6.07, 6.45) is 2.27. The molecule has 0 saturated carbocycles. The largest absolute Gasteiger partial charge is 0.376 e. The summed E-state index contributed by atoms with van der Waals surface area (Å²) in [6.45, 7) is 1.37. The van der Waals surface area contributed by atoms with Crippen molar-refractivity contribution < 1.29 is 9.53 Å². The fraction of sp³-hybridized carbons (Fsp3) is 0.417. The maximum Gasteiger partial charge on any atom is 0.252 e. The lowest BCUT2D eigenvalue weighted by Crippen LogP contribution is -2.31. The van der Waals surface area contributed by atoms with Crippen molar-refractivity contribution in [1.82, 2.24) is 5.32 Å². The average Bonchev–Trinajstić information content (AvgIpc) is 2.78. The molecule has 1 atom stereocenters. The molecule has 1 fully saturated rings. The summed E-state index contributed by atoms with van der Waals surface area (Å²) in [4.78, 5) is 12.6. The third kappa shape index (κ3) is 3.47. The SMILES string of the molecule is O=C(NCC1CCCO1)c1ccc(Br)cc1S. The molecule has 3 nitrogen and oxygen atoms in total. The molecular weight excluding hydrogens is 302 g/mol. The molecule has 0 radical (unpaired) electrons. The number of nitrogens with one attached hydrogen (secondary N) is 1. The van der Waals surface area contributed by atoms with Crippen LogP contribution in [0.25, 0.3) is 0 Å². The highest BCUT2D eigenvalue weighted by atomic mass is 79.9. The van der Waals surface area contributed by atoms with Gasteiger partial charge in [-0.15, -0.1) is 12.6 Å². The van der Waals surface area contributed by atoms with Crippen molar-refractivity contribution >= 4 is 34.5 Å². The molecule has 1 heterocycles. The summed E-state index contributed by atoms with van der Waals surface area (Å²) in [5.41, 5.74) is 0.592. The minimum absolute atomic E-state index is 0.0991. The minimum Gasteiger partial charge on any atom is -0.376 e. The molecule has 1 aromatic carbocycles. The van der Waals surface area contributed by atoms with Gasteiger partial charge in [0.1, 0.15) is 0 Å². The topological polar surface area (TPSA) is 38.3 Å². The number of benzene rings is 1. The monoisotopic (exact) mass is 315 g/mol. The van der Waals surface area contributed by atoms with E-state index in [1.54, 1.807) is 6.07 Å². The summed E-state index contributed by atoms with van der Waals surface area (Å²) in [5, 5.41) is 2.87. The Morgan fingerprint density at radius 2 is 2.41 bits per heavy atom. The second kappa shape index (κ2) is 5.89. The third-order valence-corrected chi connectivity index (χ3v) is 3.58. The molecule has 5 heteroatoms.